The number of hydrogen-bond donors (Lipinski definition) is 1. The number of carbonyl (C=O) groups is 1. The summed E-state index contributed by atoms with van der Waals surface area (Å²) in [6.45, 7) is 8.82. The van der Waals surface area contributed by atoms with Crippen molar-refractivity contribution in [1.82, 2.24) is 9.88 Å². The van der Waals surface area contributed by atoms with E-state index >= 15 is 0 Å². The van der Waals surface area contributed by atoms with Crippen LogP contribution in [0.4, 0.5) is 24.7 Å². The van der Waals surface area contributed by atoms with E-state index in [4.69, 9.17) is 0 Å². The zero-order chi connectivity index (χ0) is 25.0. The van der Waals surface area contributed by atoms with E-state index < -0.39 is 17.6 Å². The summed E-state index contributed by atoms with van der Waals surface area (Å²) in [5, 5.41) is 2.62. The number of halogens is 3. The molecule has 4 rings (SSSR count). The zero-order valence-corrected chi connectivity index (χ0v) is 19.8. The van der Waals surface area contributed by atoms with E-state index in [1.165, 1.54) is 29.5 Å². The quantitative estimate of drug-likeness (QED) is 0.483. The lowest BCUT2D eigenvalue weighted by molar-refractivity contribution is -0.137. The Morgan fingerprint density at radius 1 is 1.00 bits per heavy atom. The van der Waals surface area contributed by atoms with Crippen molar-refractivity contribution in [2.75, 3.05) is 36.4 Å². The van der Waals surface area contributed by atoms with Gasteiger partial charge in [-0.3, -0.25) is 9.69 Å². The molecule has 8 heteroatoms. The Morgan fingerprint density at radius 2 is 1.71 bits per heavy atom. The topological polar surface area (TPSA) is 48.5 Å². The molecular formula is C27H29F3N4O. The Labute approximate surface area is 203 Å². The molecule has 0 unspecified atom stereocenters. The molecule has 3 aromatic rings. The molecule has 0 spiro atoms. The van der Waals surface area contributed by atoms with Crippen LogP contribution >= 0.6 is 0 Å². The van der Waals surface area contributed by atoms with Gasteiger partial charge < -0.3 is 10.2 Å². The van der Waals surface area contributed by atoms with Gasteiger partial charge >= 0.3 is 6.18 Å². The summed E-state index contributed by atoms with van der Waals surface area (Å²) in [5.41, 5.74) is 2.17. The first-order valence-electron chi connectivity index (χ1n) is 11.7. The normalized spacial score (nSPS) is 14.9. The number of aromatic nitrogens is 1. The zero-order valence-electron chi connectivity index (χ0n) is 19.8. The maximum atomic E-state index is 12.9. The number of pyridine rings is 1. The van der Waals surface area contributed by atoms with Gasteiger partial charge in [0.25, 0.3) is 5.91 Å². The minimum absolute atomic E-state index is 0.0566. The number of piperazine rings is 1. The van der Waals surface area contributed by atoms with E-state index in [-0.39, 0.29) is 5.56 Å². The Hall–Kier alpha value is -3.39. The van der Waals surface area contributed by atoms with Crippen molar-refractivity contribution in [1.29, 1.82) is 0 Å². The molecule has 1 amide bonds. The Morgan fingerprint density at radius 3 is 2.31 bits per heavy atom. The predicted molar refractivity (Wildman–Crippen MR) is 132 cm³/mol. The molecule has 1 aliphatic heterocycles. The highest BCUT2D eigenvalue weighted by molar-refractivity contribution is 6.04. The molecule has 0 radical (unpaired) electrons. The van der Waals surface area contributed by atoms with E-state index in [2.05, 4.69) is 58.2 Å². The smallest absolute Gasteiger partial charge is 0.354 e. The van der Waals surface area contributed by atoms with Crippen LogP contribution in [0, 0.1) is 0 Å². The van der Waals surface area contributed by atoms with E-state index in [1.807, 2.05) is 6.07 Å². The van der Waals surface area contributed by atoms with Gasteiger partial charge in [-0.05, 0) is 47.4 Å². The lowest BCUT2D eigenvalue weighted by atomic mass is 10.0. The fraction of sp³-hybridized carbons (Fsp3) is 0.333. The summed E-state index contributed by atoms with van der Waals surface area (Å²) in [6.07, 6.45) is -2.97. The van der Waals surface area contributed by atoms with Gasteiger partial charge in [-0.2, -0.15) is 13.2 Å². The molecule has 0 aliphatic carbocycles. The van der Waals surface area contributed by atoms with Gasteiger partial charge in [0.15, 0.2) is 0 Å². The van der Waals surface area contributed by atoms with Crippen molar-refractivity contribution < 1.29 is 18.0 Å². The fourth-order valence-corrected chi connectivity index (χ4v) is 4.09. The first-order chi connectivity index (χ1) is 16.7. The maximum absolute atomic E-state index is 12.9. The number of benzene rings is 2. The second-order valence-corrected chi connectivity index (χ2v) is 9.10. The van der Waals surface area contributed by atoms with E-state index in [0.29, 0.717) is 11.6 Å². The van der Waals surface area contributed by atoms with E-state index in [0.717, 1.165) is 50.7 Å². The monoisotopic (exact) mass is 482 g/mol. The molecule has 0 saturated carbocycles. The number of nitrogens with one attached hydrogen (secondary N) is 1. The average Bonchev–Trinajstić information content (AvgIpc) is 2.85. The van der Waals surface area contributed by atoms with Gasteiger partial charge in [0, 0.05) is 38.3 Å². The summed E-state index contributed by atoms with van der Waals surface area (Å²) >= 11 is 0. The van der Waals surface area contributed by atoms with Crippen LogP contribution in [0.3, 0.4) is 0 Å². The summed E-state index contributed by atoms with van der Waals surface area (Å²) < 4.78 is 38.7. The van der Waals surface area contributed by atoms with Crippen molar-refractivity contribution in [3.8, 4) is 0 Å². The van der Waals surface area contributed by atoms with E-state index in [1.54, 1.807) is 6.07 Å². The van der Waals surface area contributed by atoms with Gasteiger partial charge in [-0.25, -0.2) is 4.98 Å². The highest BCUT2D eigenvalue weighted by atomic mass is 19.4. The number of hydrogen-bond acceptors (Lipinski definition) is 4. The number of amides is 1. The third-order valence-electron chi connectivity index (χ3n) is 6.21. The largest absolute Gasteiger partial charge is 0.416 e. The molecule has 1 fully saturated rings. The molecule has 5 nitrogen and oxygen atoms in total. The van der Waals surface area contributed by atoms with Crippen molar-refractivity contribution in [3.63, 3.8) is 0 Å². The van der Waals surface area contributed by atoms with Crippen molar-refractivity contribution >= 4 is 17.4 Å². The van der Waals surface area contributed by atoms with Crippen LogP contribution in [0.2, 0.25) is 0 Å². The maximum Gasteiger partial charge on any atom is 0.416 e. The van der Waals surface area contributed by atoms with Crippen molar-refractivity contribution in [3.05, 3.63) is 89.1 Å². The Bertz CT molecular complexity index is 1140. The molecular weight excluding hydrogens is 453 g/mol. The minimum Gasteiger partial charge on any atom is -0.354 e. The third kappa shape index (κ3) is 6.39. The van der Waals surface area contributed by atoms with Gasteiger partial charge in [-0.1, -0.05) is 44.2 Å². The van der Waals surface area contributed by atoms with Crippen LogP contribution in [-0.2, 0) is 12.7 Å². The van der Waals surface area contributed by atoms with Gasteiger partial charge in [-0.15, -0.1) is 0 Å². The van der Waals surface area contributed by atoms with Gasteiger partial charge in [0.05, 0.1) is 17.4 Å². The van der Waals surface area contributed by atoms with Crippen LogP contribution in [0.5, 0.6) is 0 Å². The lowest BCUT2D eigenvalue weighted by Gasteiger charge is -2.35. The first kappa shape index (κ1) is 24.7. The predicted octanol–water partition coefficient (Wildman–Crippen LogP) is 5.80. The van der Waals surface area contributed by atoms with Crippen LogP contribution in [0.25, 0.3) is 0 Å². The molecule has 35 heavy (non-hydrogen) atoms. The summed E-state index contributed by atoms with van der Waals surface area (Å²) in [4.78, 5) is 21.5. The molecule has 0 bridgehead atoms. The fourth-order valence-electron chi connectivity index (χ4n) is 4.09. The van der Waals surface area contributed by atoms with E-state index in [9.17, 15) is 18.0 Å². The van der Waals surface area contributed by atoms with Crippen molar-refractivity contribution in [2.45, 2.75) is 32.5 Å². The standard InChI is InChI=1S/C27H29F3N4O/c1-19(2)21-8-6-20(7-9-21)18-33-12-14-34(15-13-33)25-11-10-24(17-31-25)32-26(35)22-4-3-5-23(16-22)27(28,29)30/h3-11,16-17,19H,12-15,18H2,1-2H3,(H,32,35). The van der Waals surface area contributed by atoms with Crippen LogP contribution < -0.4 is 10.2 Å². The third-order valence-corrected chi connectivity index (χ3v) is 6.21. The van der Waals surface area contributed by atoms with Crippen molar-refractivity contribution in [2.24, 2.45) is 0 Å². The number of alkyl halides is 3. The second kappa shape index (κ2) is 10.5. The molecule has 2 aromatic carbocycles. The van der Waals surface area contributed by atoms with Crippen LogP contribution in [0.1, 0.15) is 46.8 Å². The Kier molecular flexibility index (Phi) is 7.40. The van der Waals surface area contributed by atoms with Gasteiger partial charge in [0.2, 0.25) is 0 Å². The highest BCUT2D eigenvalue weighted by Gasteiger charge is 2.31. The average molecular weight is 483 g/mol. The second-order valence-electron chi connectivity index (χ2n) is 9.10. The number of carbonyl (C=O) groups excluding carboxylic acids is 1. The minimum atomic E-state index is -4.50. The molecule has 1 N–H and O–H groups in total. The molecule has 1 saturated heterocycles. The summed E-state index contributed by atoms with van der Waals surface area (Å²) in [6, 6.07) is 16.7. The first-order valence-corrected chi connectivity index (χ1v) is 11.7. The number of nitrogens with zero attached hydrogens (tertiary/aromatic N) is 3. The molecule has 0 atom stereocenters. The summed E-state index contributed by atoms with van der Waals surface area (Å²) in [7, 11) is 0. The lowest BCUT2D eigenvalue weighted by Crippen LogP contribution is -2.46. The molecule has 2 heterocycles. The van der Waals surface area contributed by atoms with Crippen LogP contribution in [-0.4, -0.2) is 42.0 Å². The SMILES string of the molecule is CC(C)c1ccc(CN2CCN(c3ccc(NC(=O)c4cccc(C(F)(F)F)c4)cn3)CC2)cc1. The summed E-state index contributed by atoms with van der Waals surface area (Å²) in [5.74, 6) is 0.726. The molecule has 1 aromatic heterocycles. The molecule has 1 aliphatic rings. The number of rotatable bonds is 6. The highest BCUT2D eigenvalue weighted by Crippen LogP contribution is 2.29. The van der Waals surface area contributed by atoms with Crippen LogP contribution in [0.15, 0.2) is 66.9 Å². The van der Waals surface area contributed by atoms with Gasteiger partial charge in [0.1, 0.15) is 5.82 Å². The Balaban J connectivity index is 1.30. The number of anilines is 2. The molecule has 184 valence electrons.